The summed E-state index contributed by atoms with van der Waals surface area (Å²) in [6.45, 7) is 7.76. The minimum atomic E-state index is -0.782. The highest BCUT2D eigenvalue weighted by molar-refractivity contribution is 5.98. The van der Waals surface area contributed by atoms with Gasteiger partial charge in [0, 0.05) is 18.9 Å². The second-order valence-electron chi connectivity index (χ2n) is 7.32. The van der Waals surface area contributed by atoms with E-state index in [4.69, 9.17) is 0 Å². The van der Waals surface area contributed by atoms with Crippen molar-refractivity contribution in [2.45, 2.75) is 59.4 Å². The number of hydrogen-bond acceptors (Lipinski definition) is 3. The number of amides is 2. The summed E-state index contributed by atoms with van der Waals surface area (Å²) in [6.07, 6.45) is 1.94. The highest BCUT2D eigenvalue weighted by Gasteiger charge is 2.50. The van der Waals surface area contributed by atoms with E-state index in [0.717, 1.165) is 0 Å². The molecule has 0 aromatic heterocycles. The predicted molar refractivity (Wildman–Crippen MR) is 77.3 cm³/mol. The number of piperidine rings is 1. The van der Waals surface area contributed by atoms with Crippen molar-refractivity contribution >= 4 is 17.8 Å². The first-order valence-electron chi connectivity index (χ1n) is 7.74. The van der Waals surface area contributed by atoms with E-state index in [0.29, 0.717) is 25.7 Å². The Balaban J connectivity index is 2.24. The fourth-order valence-electron chi connectivity index (χ4n) is 3.94. The van der Waals surface area contributed by atoms with E-state index < -0.39 is 17.3 Å². The lowest BCUT2D eigenvalue weighted by Crippen LogP contribution is -2.57. The zero-order valence-electron chi connectivity index (χ0n) is 13.3. The Bertz CT molecular complexity index is 453. The van der Waals surface area contributed by atoms with E-state index in [2.05, 4.69) is 0 Å². The fourth-order valence-corrected chi connectivity index (χ4v) is 3.94. The maximum absolute atomic E-state index is 12.3. The van der Waals surface area contributed by atoms with Gasteiger partial charge in [-0.15, -0.1) is 0 Å². The Kier molecular flexibility index (Phi) is 4.13. The zero-order chi connectivity index (χ0) is 15.9. The van der Waals surface area contributed by atoms with Crippen LogP contribution < -0.4 is 0 Å². The van der Waals surface area contributed by atoms with Crippen molar-refractivity contribution in [2.75, 3.05) is 0 Å². The lowest BCUT2D eigenvalue weighted by molar-refractivity contribution is -0.161. The molecule has 1 aliphatic heterocycles. The van der Waals surface area contributed by atoms with Gasteiger partial charge in [0.25, 0.3) is 0 Å². The molecule has 2 amide bonds. The minimum absolute atomic E-state index is 0.0198. The lowest BCUT2D eigenvalue weighted by atomic mass is 9.60. The topological polar surface area (TPSA) is 74.7 Å². The lowest BCUT2D eigenvalue weighted by Gasteiger charge is -2.50. The van der Waals surface area contributed by atoms with E-state index in [1.807, 2.05) is 27.7 Å². The van der Waals surface area contributed by atoms with Crippen molar-refractivity contribution in [1.82, 2.24) is 4.90 Å². The predicted octanol–water partition coefficient (Wildman–Crippen LogP) is 2.30. The van der Waals surface area contributed by atoms with Gasteiger partial charge in [0.2, 0.25) is 11.8 Å². The zero-order valence-corrected chi connectivity index (χ0v) is 13.3. The van der Waals surface area contributed by atoms with Crippen LogP contribution in [0.5, 0.6) is 0 Å². The molecule has 1 N–H and O–H groups in total. The number of likely N-dealkylation sites (tertiary alicyclic amines) is 1. The number of carboxylic acids is 1. The molecule has 118 valence electrons. The molecule has 2 aliphatic rings. The highest BCUT2D eigenvalue weighted by Crippen LogP contribution is 2.47. The Morgan fingerprint density at radius 1 is 1.14 bits per heavy atom. The summed E-state index contributed by atoms with van der Waals surface area (Å²) in [7, 11) is 0. The normalized spacial score (nSPS) is 34.1. The molecule has 1 aliphatic carbocycles. The minimum Gasteiger partial charge on any atom is -0.481 e. The fraction of sp³-hybridized carbons (Fsp3) is 0.812. The molecule has 2 fully saturated rings. The van der Waals surface area contributed by atoms with Crippen LogP contribution in [-0.4, -0.2) is 33.8 Å². The maximum Gasteiger partial charge on any atom is 0.307 e. The van der Waals surface area contributed by atoms with Crippen molar-refractivity contribution < 1.29 is 19.5 Å². The molecular weight excluding hydrogens is 270 g/mol. The molecule has 3 atom stereocenters. The first-order chi connectivity index (χ1) is 9.66. The first kappa shape index (κ1) is 16.0. The summed E-state index contributed by atoms with van der Waals surface area (Å²) in [5.41, 5.74) is -0.432. The van der Waals surface area contributed by atoms with Crippen LogP contribution in [0.1, 0.15) is 53.4 Å². The molecule has 1 heterocycles. The van der Waals surface area contributed by atoms with Crippen molar-refractivity contribution in [3.8, 4) is 0 Å². The summed E-state index contributed by atoms with van der Waals surface area (Å²) in [5.74, 6) is -1.30. The quantitative estimate of drug-likeness (QED) is 0.793. The SMILES string of the molecule is CC1CC(=O)N(C2CCC(C(=O)O)C(C)(C)C2C)C(=O)C1. The standard InChI is InChI=1S/C16H25NO4/c1-9-7-13(18)17(14(19)8-9)12-6-5-11(15(20)21)16(3,4)10(12)2/h9-12H,5-8H2,1-4H3,(H,20,21). The van der Waals surface area contributed by atoms with Crippen LogP contribution in [0.3, 0.4) is 0 Å². The van der Waals surface area contributed by atoms with Crippen LogP contribution in [0.4, 0.5) is 0 Å². The van der Waals surface area contributed by atoms with Crippen LogP contribution in [0.2, 0.25) is 0 Å². The number of carbonyl (C=O) groups excluding carboxylic acids is 2. The first-order valence-corrected chi connectivity index (χ1v) is 7.74. The van der Waals surface area contributed by atoms with Crippen molar-refractivity contribution in [3.63, 3.8) is 0 Å². The van der Waals surface area contributed by atoms with Gasteiger partial charge in [0.05, 0.1) is 5.92 Å². The third kappa shape index (κ3) is 2.70. The molecule has 1 saturated heterocycles. The molecule has 2 rings (SSSR count). The molecule has 1 saturated carbocycles. The van der Waals surface area contributed by atoms with Crippen molar-refractivity contribution in [2.24, 2.45) is 23.2 Å². The molecule has 0 spiro atoms. The van der Waals surface area contributed by atoms with Gasteiger partial charge in [-0.05, 0) is 30.1 Å². The molecule has 3 unspecified atom stereocenters. The van der Waals surface area contributed by atoms with E-state index >= 15 is 0 Å². The summed E-state index contributed by atoms with van der Waals surface area (Å²) < 4.78 is 0. The number of carbonyl (C=O) groups is 3. The average Bonchev–Trinajstić information content (AvgIpc) is 2.32. The van der Waals surface area contributed by atoms with Crippen molar-refractivity contribution in [3.05, 3.63) is 0 Å². The van der Waals surface area contributed by atoms with Crippen LogP contribution in [-0.2, 0) is 14.4 Å². The highest BCUT2D eigenvalue weighted by atomic mass is 16.4. The maximum atomic E-state index is 12.3. The summed E-state index contributed by atoms with van der Waals surface area (Å²) >= 11 is 0. The molecular formula is C16H25NO4. The number of hydrogen-bond donors (Lipinski definition) is 1. The van der Waals surface area contributed by atoms with Crippen LogP contribution in [0.15, 0.2) is 0 Å². The molecule has 5 heteroatoms. The van der Waals surface area contributed by atoms with Gasteiger partial charge in [0.1, 0.15) is 0 Å². The second kappa shape index (κ2) is 5.43. The van der Waals surface area contributed by atoms with E-state index in [1.165, 1.54) is 4.90 Å². The largest absolute Gasteiger partial charge is 0.481 e. The van der Waals surface area contributed by atoms with Gasteiger partial charge in [-0.3, -0.25) is 19.3 Å². The van der Waals surface area contributed by atoms with Crippen LogP contribution >= 0.6 is 0 Å². The molecule has 21 heavy (non-hydrogen) atoms. The van der Waals surface area contributed by atoms with Gasteiger partial charge in [-0.25, -0.2) is 0 Å². The third-order valence-corrected chi connectivity index (χ3v) is 5.61. The van der Waals surface area contributed by atoms with E-state index in [-0.39, 0.29) is 29.7 Å². The third-order valence-electron chi connectivity index (χ3n) is 5.61. The summed E-state index contributed by atoms with van der Waals surface area (Å²) in [6, 6.07) is -0.164. The number of nitrogens with zero attached hydrogens (tertiary/aromatic N) is 1. The average molecular weight is 295 g/mol. The monoisotopic (exact) mass is 295 g/mol. The summed E-state index contributed by atoms with van der Waals surface area (Å²) in [4.78, 5) is 37.4. The summed E-state index contributed by atoms with van der Waals surface area (Å²) in [5, 5.41) is 9.38. The van der Waals surface area contributed by atoms with Gasteiger partial charge in [0.15, 0.2) is 0 Å². The molecule has 5 nitrogen and oxygen atoms in total. The Labute approximate surface area is 125 Å². The van der Waals surface area contributed by atoms with Crippen LogP contribution in [0, 0.1) is 23.2 Å². The smallest absolute Gasteiger partial charge is 0.307 e. The number of rotatable bonds is 2. The number of carboxylic acid groups (broad SMARTS) is 1. The Morgan fingerprint density at radius 2 is 1.67 bits per heavy atom. The van der Waals surface area contributed by atoms with Gasteiger partial charge < -0.3 is 5.11 Å². The number of aliphatic carboxylic acids is 1. The van der Waals surface area contributed by atoms with Crippen molar-refractivity contribution in [1.29, 1.82) is 0 Å². The molecule has 0 aromatic carbocycles. The molecule has 0 aromatic rings. The van der Waals surface area contributed by atoms with Gasteiger partial charge >= 0.3 is 5.97 Å². The number of imide groups is 1. The van der Waals surface area contributed by atoms with Gasteiger partial charge in [-0.2, -0.15) is 0 Å². The van der Waals surface area contributed by atoms with E-state index in [1.54, 1.807) is 0 Å². The van der Waals surface area contributed by atoms with Crippen LogP contribution in [0.25, 0.3) is 0 Å². The Hall–Kier alpha value is -1.39. The second-order valence-corrected chi connectivity index (χ2v) is 7.32. The Morgan fingerprint density at radius 3 is 2.14 bits per heavy atom. The molecule has 0 bridgehead atoms. The van der Waals surface area contributed by atoms with Gasteiger partial charge in [-0.1, -0.05) is 27.7 Å². The molecule has 0 radical (unpaired) electrons. The van der Waals surface area contributed by atoms with E-state index in [9.17, 15) is 19.5 Å².